The Hall–Kier alpha value is -1.32. The first-order valence-corrected chi connectivity index (χ1v) is 8.17. The second kappa shape index (κ2) is 7.62. The molecule has 0 saturated carbocycles. The molecule has 0 fully saturated rings. The fraction of sp³-hybridized carbons (Fsp3) is 0.333. The van der Waals surface area contributed by atoms with Crippen molar-refractivity contribution >= 4 is 15.9 Å². The maximum absolute atomic E-state index is 5.80. The molecule has 112 valence electrons. The Morgan fingerprint density at radius 3 is 2.43 bits per heavy atom. The monoisotopic (exact) mass is 347 g/mol. The van der Waals surface area contributed by atoms with Crippen LogP contribution in [-0.4, -0.2) is 13.2 Å². The van der Waals surface area contributed by atoms with Gasteiger partial charge in [-0.05, 0) is 44.2 Å². The Labute approximate surface area is 135 Å². The van der Waals surface area contributed by atoms with Gasteiger partial charge in [0.2, 0.25) is 0 Å². The van der Waals surface area contributed by atoms with Gasteiger partial charge in [0.1, 0.15) is 5.75 Å². The summed E-state index contributed by atoms with van der Waals surface area (Å²) in [5.74, 6) is 0.937. The highest BCUT2D eigenvalue weighted by molar-refractivity contribution is 9.10. The molecule has 2 nitrogen and oxygen atoms in total. The Bertz CT molecular complexity index is 580. The minimum atomic E-state index is 0.134. The van der Waals surface area contributed by atoms with E-state index in [1.165, 1.54) is 11.1 Å². The van der Waals surface area contributed by atoms with Crippen molar-refractivity contribution < 1.29 is 4.74 Å². The number of nitrogens with one attached hydrogen (secondary N) is 1. The van der Waals surface area contributed by atoms with Crippen LogP contribution in [0.5, 0.6) is 5.75 Å². The number of hydrogen-bond donors (Lipinski definition) is 1. The Morgan fingerprint density at radius 1 is 1.10 bits per heavy atom. The van der Waals surface area contributed by atoms with Crippen molar-refractivity contribution in [2.75, 3.05) is 13.2 Å². The lowest BCUT2D eigenvalue weighted by Gasteiger charge is -2.22. The average molecular weight is 348 g/mol. The second-order valence-corrected chi connectivity index (χ2v) is 5.93. The highest BCUT2D eigenvalue weighted by Gasteiger charge is 2.18. The Morgan fingerprint density at radius 2 is 1.81 bits per heavy atom. The molecule has 0 heterocycles. The van der Waals surface area contributed by atoms with Gasteiger partial charge in [-0.3, -0.25) is 0 Å². The van der Waals surface area contributed by atoms with Crippen molar-refractivity contribution in [3.8, 4) is 5.75 Å². The van der Waals surface area contributed by atoms with Crippen LogP contribution in [0, 0.1) is 6.92 Å². The van der Waals surface area contributed by atoms with Gasteiger partial charge in [-0.15, -0.1) is 0 Å². The molecular formula is C18H22BrNO. The van der Waals surface area contributed by atoms with Gasteiger partial charge >= 0.3 is 0 Å². The average Bonchev–Trinajstić information content (AvgIpc) is 2.48. The molecule has 0 saturated heterocycles. The van der Waals surface area contributed by atoms with E-state index in [0.717, 1.165) is 22.3 Å². The Balaban J connectivity index is 2.46. The molecule has 3 heteroatoms. The van der Waals surface area contributed by atoms with Crippen molar-refractivity contribution in [2.24, 2.45) is 0 Å². The van der Waals surface area contributed by atoms with Crippen LogP contribution < -0.4 is 10.1 Å². The molecule has 0 spiro atoms. The van der Waals surface area contributed by atoms with Crippen LogP contribution in [0.15, 0.2) is 46.9 Å². The van der Waals surface area contributed by atoms with Gasteiger partial charge in [0.05, 0.1) is 12.6 Å². The van der Waals surface area contributed by atoms with E-state index in [0.29, 0.717) is 6.61 Å². The van der Waals surface area contributed by atoms with Crippen LogP contribution in [0.3, 0.4) is 0 Å². The molecule has 0 aliphatic heterocycles. The summed E-state index contributed by atoms with van der Waals surface area (Å²) in [6.45, 7) is 7.81. The topological polar surface area (TPSA) is 21.3 Å². The summed E-state index contributed by atoms with van der Waals surface area (Å²) in [5.41, 5.74) is 3.69. The molecule has 0 aliphatic rings. The van der Waals surface area contributed by atoms with Crippen LogP contribution in [0.1, 0.15) is 36.6 Å². The molecule has 0 radical (unpaired) electrons. The molecule has 1 N–H and O–H groups in total. The van der Waals surface area contributed by atoms with E-state index in [9.17, 15) is 0 Å². The third-order valence-electron chi connectivity index (χ3n) is 3.40. The summed E-state index contributed by atoms with van der Waals surface area (Å²) in [6.07, 6.45) is 0. The highest BCUT2D eigenvalue weighted by Crippen LogP contribution is 2.32. The van der Waals surface area contributed by atoms with Crippen LogP contribution >= 0.6 is 15.9 Å². The summed E-state index contributed by atoms with van der Waals surface area (Å²) < 4.78 is 6.87. The van der Waals surface area contributed by atoms with Crippen molar-refractivity contribution in [1.29, 1.82) is 0 Å². The smallest absolute Gasteiger partial charge is 0.124 e. The molecule has 1 atom stereocenters. The lowest BCUT2D eigenvalue weighted by Crippen LogP contribution is -2.22. The molecule has 0 bridgehead atoms. The van der Waals surface area contributed by atoms with E-state index in [4.69, 9.17) is 4.74 Å². The number of hydrogen-bond acceptors (Lipinski definition) is 2. The first-order chi connectivity index (χ1) is 10.2. The predicted octanol–water partition coefficient (Wildman–Crippen LogP) is 4.86. The largest absolute Gasteiger partial charge is 0.494 e. The van der Waals surface area contributed by atoms with Gasteiger partial charge in [0, 0.05) is 10.0 Å². The maximum Gasteiger partial charge on any atom is 0.124 e. The van der Waals surface area contributed by atoms with Crippen LogP contribution in [0.2, 0.25) is 0 Å². The van der Waals surface area contributed by atoms with E-state index >= 15 is 0 Å². The minimum Gasteiger partial charge on any atom is -0.494 e. The zero-order valence-corrected chi connectivity index (χ0v) is 14.4. The SMILES string of the molecule is CCNC(c1ccc(C)cc1)c1cc(Br)ccc1OCC. The summed E-state index contributed by atoms with van der Waals surface area (Å²) in [6, 6.07) is 15.0. The molecule has 1 unspecified atom stereocenters. The van der Waals surface area contributed by atoms with Gasteiger partial charge in [-0.2, -0.15) is 0 Å². The zero-order valence-electron chi connectivity index (χ0n) is 12.8. The third-order valence-corrected chi connectivity index (χ3v) is 3.89. The predicted molar refractivity (Wildman–Crippen MR) is 92.0 cm³/mol. The Kier molecular flexibility index (Phi) is 5.83. The van der Waals surface area contributed by atoms with Crippen molar-refractivity contribution in [2.45, 2.75) is 26.8 Å². The number of ether oxygens (including phenoxy) is 1. The van der Waals surface area contributed by atoms with Crippen molar-refractivity contribution in [3.63, 3.8) is 0 Å². The summed E-state index contributed by atoms with van der Waals surface area (Å²) in [4.78, 5) is 0. The number of benzene rings is 2. The van der Waals surface area contributed by atoms with Gasteiger partial charge in [0.25, 0.3) is 0 Å². The fourth-order valence-electron chi connectivity index (χ4n) is 2.40. The molecule has 0 amide bonds. The minimum absolute atomic E-state index is 0.134. The molecule has 2 aromatic carbocycles. The fourth-order valence-corrected chi connectivity index (χ4v) is 2.78. The van der Waals surface area contributed by atoms with Crippen molar-refractivity contribution in [1.82, 2.24) is 5.32 Å². The lowest BCUT2D eigenvalue weighted by molar-refractivity contribution is 0.333. The second-order valence-electron chi connectivity index (χ2n) is 5.02. The summed E-state index contributed by atoms with van der Waals surface area (Å²) >= 11 is 3.57. The summed E-state index contributed by atoms with van der Waals surface area (Å²) in [7, 11) is 0. The van der Waals surface area contributed by atoms with E-state index < -0.39 is 0 Å². The van der Waals surface area contributed by atoms with Gasteiger partial charge in [-0.25, -0.2) is 0 Å². The lowest BCUT2D eigenvalue weighted by atomic mass is 9.97. The van der Waals surface area contributed by atoms with E-state index in [1.807, 2.05) is 19.1 Å². The molecule has 0 aromatic heterocycles. The molecule has 21 heavy (non-hydrogen) atoms. The van der Waals surface area contributed by atoms with Gasteiger partial charge in [-0.1, -0.05) is 52.7 Å². The van der Waals surface area contributed by atoms with E-state index in [2.05, 4.69) is 65.4 Å². The van der Waals surface area contributed by atoms with Crippen LogP contribution in [-0.2, 0) is 0 Å². The maximum atomic E-state index is 5.80. The standard InChI is InChI=1S/C18H22BrNO/c1-4-20-18(14-8-6-13(3)7-9-14)16-12-15(19)10-11-17(16)21-5-2/h6-12,18,20H,4-5H2,1-3H3. The molecule has 0 aliphatic carbocycles. The number of rotatable bonds is 6. The molecule has 2 aromatic rings. The molecule has 2 rings (SSSR count). The van der Waals surface area contributed by atoms with Gasteiger partial charge < -0.3 is 10.1 Å². The molecular weight excluding hydrogens is 326 g/mol. The number of halogens is 1. The van der Waals surface area contributed by atoms with Crippen molar-refractivity contribution in [3.05, 3.63) is 63.6 Å². The first kappa shape index (κ1) is 16.1. The summed E-state index contributed by atoms with van der Waals surface area (Å²) in [5, 5.41) is 3.56. The highest BCUT2D eigenvalue weighted by atomic mass is 79.9. The van der Waals surface area contributed by atoms with Gasteiger partial charge in [0.15, 0.2) is 0 Å². The first-order valence-electron chi connectivity index (χ1n) is 7.37. The normalized spacial score (nSPS) is 12.2. The third kappa shape index (κ3) is 4.08. The van der Waals surface area contributed by atoms with Crippen LogP contribution in [0.25, 0.3) is 0 Å². The van der Waals surface area contributed by atoms with E-state index in [-0.39, 0.29) is 6.04 Å². The van der Waals surface area contributed by atoms with E-state index in [1.54, 1.807) is 0 Å². The zero-order chi connectivity index (χ0) is 15.2. The van der Waals surface area contributed by atoms with Crippen LogP contribution in [0.4, 0.5) is 0 Å². The number of aryl methyl sites for hydroxylation is 1. The quantitative estimate of drug-likeness (QED) is 0.805.